The molecule has 0 aromatic carbocycles. The number of halogens is 1. The van der Waals surface area contributed by atoms with E-state index >= 15 is 0 Å². The lowest BCUT2D eigenvalue weighted by atomic mass is 9.95. The Kier molecular flexibility index (Phi) is 3.41. The van der Waals surface area contributed by atoms with E-state index in [4.69, 9.17) is 11.6 Å². The molecule has 1 atom stereocenters. The number of nitriles is 1. The van der Waals surface area contributed by atoms with Gasteiger partial charge in [-0.05, 0) is 32.2 Å². The molecule has 1 aliphatic carbocycles. The van der Waals surface area contributed by atoms with E-state index in [1.807, 2.05) is 13.8 Å². The Morgan fingerprint density at radius 1 is 1.71 bits per heavy atom. The largest absolute Gasteiger partial charge is 0.298 e. The van der Waals surface area contributed by atoms with Crippen LogP contribution >= 0.6 is 11.6 Å². The monoisotopic (exact) mass is 252 g/mol. The maximum Gasteiger partial charge on any atom is 0.129 e. The Bertz CT molecular complexity index is 424. The molecule has 1 saturated carbocycles. The minimum atomic E-state index is -0.490. The van der Waals surface area contributed by atoms with E-state index in [9.17, 15) is 5.26 Å². The van der Waals surface area contributed by atoms with Crippen LogP contribution in [0, 0.1) is 24.2 Å². The molecule has 0 spiro atoms. The van der Waals surface area contributed by atoms with Crippen LogP contribution in [0.4, 0.5) is 0 Å². The number of likely N-dealkylation sites (N-methyl/N-ethyl adjacent to an activating group) is 1. The van der Waals surface area contributed by atoms with E-state index in [0.717, 1.165) is 25.1 Å². The fourth-order valence-electron chi connectivity index (χ4n) is 2.22. The number of nitrogens with one attached hydrogen (secondary N) is 1. The molecule has 0 amide bonds. The van der Waals surface area contributed by atoms with Crippen LogP contribution in [0.1, 0.15) is 25.5 Å². The summed E-state index contributed by atoms with van der Waals surface area (Å²) in [6, 6.07) is 2.44. The van der Waals surface area contributed by atoms with Crippen molar-refractivity contribution in [3.05, 3.63) is 16.9 Å². The first-order valence-corrected chi connectivity index (χ1v) is 6.35. The maximum absolute atomic E-state index is 9.47. The van der Waals surface area contributed by atoms with Crippen molar-refractivity contribution in [3.8, 4) is 6.07 Å². The van der Waals surface area contributed by atoms with Crippen LogP contribution in [-0.4, -0.2) is 21.9 Å². The average molecular weight is 253 g/mol. The molecule has 1 unspecified atom stereocenters. The molecule has 0 aliphatic heterocycles. The van der Waals surface area contributed by atoms with Crippen molar-refractivity contribution in [2.45, 2.75) is 38.8 Å². The van der Waals surface area contributed by atoms with E-state index in [2.05, 4.69) is 16.5 Å². The van der Waals surface area contributed by atoms with Crippen molar-refractivity contribution >= 4 is 11.6 Å². The van der Waals surface area contributed by atoms with Gasteiger partial charge < -0.3 is 0 Å². The third-order valence-corrected chi connectivity index (χ3v) is 3.63. The van der Waals surface area contributed by atoms with Crippen molar-refractivity contribution in [2.75, 3.05) is 6.54 Å². The molecule has 0 bridgehead atoms. The molecule has 1 fully saturated rings. The lowest BCUT2D eigenvalue weighted by Gasteiger charge is -2.27. The highest BCUT2D eigenvalue weighted by atomic mass is 35.5. The number of aryl methyl sites for hydroxylation is 1. The number of nitrogens with zero attached hydrogens (tertiary/aromatic N) is 3. The molecule has 5 heteroatoms. The lowest BCUT2D eigenvalue weighted by Crippen LogP contribution is -2.49. The molecule has 1 aromatic heterocycles. The molecule has 17 heavy (non-hydrogen) atoms. The molecule has 1 aliphatic rings. The summed E-state index contributed by atoms with van der Waals surface area (Å²) >= 11 is 5.99. The first kappa shape index (κ1) is 12.4. The fraction of sp³-hybridized carbons (Fsp3) is 0.667. The molecule has 2 rings (SSSR count). The zero-order valence-electron chi connectivity index (χ0n) is 10.2. The first-order valence-electron chi connectivity index (χ1n) is 5.97. The molecule has 1 heterocycles. The van der Waals surface area contributed by atoms with Gasteiger partial charge in [-0.3, -0.25) is 10.00 Å². The van der Waals surface area contributed by atoms with Crippen LogP contribution in [0.3, 0.4) is 0 Å². The van der Waals surface area contributed by atoms with Crippen LogP contribution in [0.2, 0.25) is 5.02 Å². The average Bonchev–Trinajstić information content (AvgIpc) is 3.08. The van der Waals surface area contributed by atoms with Gasteiger partial charge in [-0.1, -0.05) is 18.5 Å². The lowest BCUT2D eigenvalue weighted by molar-refractivity contribution is 0.311. The van der Waals surface area contributed by atoms with Crippen LogP contribution in [0.5, 0.6) is 0 Å². The first-order chi connectivity index (χ1) is 8.11. The molecular formula is C12H17ClN4. The van der Waals surface area contributed by atoms with Gasteiger partial charge >= 0.3 is 0 Å². The quantitative estimate of drug-likeness (QED) is 0.874. The summed E-state index contributed by atoms with van der Waals surface area (Å²) in [4.78, 5) is 0. The van der Waals surface area contributed by atoms with Gasteiger partial charge in [0.2, 0.25) is 0 Å². The Morgan fingerprint density at radius 2 is 2.41 bits per heavy atom. The van der Waals surface area contributed by atoms with Crippen LogP contribution < -0.4 is 5.32 Å². The summed E-state index contributed by atoms with van der Waals surface area (Å²) in [5.41, 5.74) is 0.321. The van der Waals surface area contributed by atoms with E-state index in [0.29, 0.717) is 17.5 Å². The van der Waals surface area contributed by atoms with Crippen LogP contribution in [0.25, 0.3) is 0 Å². The Labute approximate surface area is 107 Å². The summed E-state index contributed by atoms with van der Waals surface area (Å²) in [6.45, 7) is 5.25. The van der Waals surface area contributed by atoms with E-state index < -0.39 is 5.54 Å². The van der Waals surface area contributed by atoms with Gasteiger partial charge in [-0.2, -0.15) is 10.4 Å². The minimum absolute atomic E-state index is 0.440. The van der Waals surface area contributed by atoms with Crippen LogP contribution in [-0.2, 0) is 6.54 Å². The van der Waals surface area contributed by atoms with Gasteiger partial charge in [0, 0.05) is 6.20 Å². The molecular weight excluding hydrogens is 236 g/mol. The van der Waals surface area contributed by atoms with Gasteiger partial charge in [-0.15, -0.1) is 0 Å². The number of rotatable bonds is 5. The highest BCUT2D eigenvalue weighted by molar-refractivity contribution is 6.31. The predicted molar refractivity (Wildman–Crippen MR) is 66.7 cm³/mol. The second-order valence-corrected chi connectivity index (χ2v) is 5.05. The second-order valence-electron chi connectivity index (χ2n) is 4.65. The van der Waals surface area contributed by atoms with Crippen molar-refractivity contribution in [1.29, 1.82) is 5.26 Å². The maximum atomic E-state index is 9.47. The second kappa shape index (κ2) is 4.67. The molecule has 1 aromatic rings. The zero-order valence-corrected chi connectivity index (χ0v) is 11.0. The van der Waals surface area contributed by atoms with Gasteiger partial charge in [0.25, 0.3) is 0 Å². The summed E-state index contributed by atoms with van der Waals surface area (Å²) in [7, 11) is 0. The van der Waals surface area contributed by atoms with Crippen molar-refractivity contribution in [3.63, 3.8) is 0 Å². The highest BCUT2D eigenvalue weighted by Gasteiger charge is 2.45. The zero-order chi connectivity index (χ0) is 12.5. The SMILES string of the molecule is CCNC(C#N)(Cn1cc(Cl)c(C)n1)C1CC1. The fourth-order valence-corrected chi connectivity index (χ4v) is 2.37. The summed E-state index contributed by atoms with van der Waals surface area (Å²) < 4.78 is 1.78. The van der Waals surface area contributed by atoms with E-state index in [1.165, 1.54) is 0 Å². The number of hydrogen-bond donors (Lipinski definition) is 1. The van der Waals surface area contributed by atoms with Crippen molar-refractivity contribution in [1.82, 2.24) is 15.1 Å². The van der Waals surface area contributed by atoms with E-state index in [1.54, 1.807) is 10.9 Å². The standard InChI is InChI=1S/C12H17ClN4/c1-3-15-12(7-14,10-4-5-10)8-17-6-11(13)9(2)16-17/h6,10,15H,3-5,8H2,1-2H3. The Balaban J connectivity index is 2.20. The molecule has 92 valence electrons. The highest BCUT2D eigenvalue weighted by Crippen LogP contribution is 2.40. The minimum Gasteiger partial charge on any atom is -0.298 e. The predicted octanol–water partition coefficient (Wildman–Crippen LogP) is 2.13. The topological polar surface area (TPSA) is 53.6 Å². The molecule has 4 nitrogen and oxygen atoms in total. The summed E-state index contributed by atoms with van der Waals surface area (Å²) in [5.74, 6) is 0.440. The van der Waals surface area contributed by atoms with Gasteiger partial charge in [-0.25, -0.2) is 0 Å². The summed E-state index contributed by atoms with van der Waals surface area (Å²) in [6.07, 6.45) is 4.03. The number of aromatic nitrogens is 2. The third kappa shape index (κ3) is 2.46. The molecule has 0 radical (unpaired) electrons. The smallest absolute Gasteiger partial charge is 0.129 e. The number of hydrogen-bond acceptors (Lipinski definition) is 3. The normalized spacial score (nSPS) is 18.7. The van der Waals surface area contributed by atoms with Gasteiger partial charge in [0.05, 0.1) is 23.3 Å². The van der Waals surface area contributed by atoms with Crippen LogP contribution in [0.15, 0.2) is 6.20 Å². The van der Waals surface area contributed by atoms with Gasteiger partial charge in [0.1, 0.15) is 5.54 Å². The Morgan fingerprint density at radius 3 is 2.82 bits per heavy atom. The Hall–Kier alpha value is -1.05. The van der Waals surface area contributed by atoms with Gasteiger partial charge in [0.15, 0.2) is 0 Å². The van der Waals surface area contributed by atoms with E-state index in [-0.39, 0.29) is 0 Å². The molecule has 1 N–H and O–H groups in total. The summed E-state index contributed by atoms with van der Waals surface area (Å²) in [5, 5.41) is 17.8. The van der Waals surface area contributed by atoms with Crippen molar-refractivity contribution in [2.24, 2.45) is 5.92 Å². The third-order valence-electron chi connectivity index (χ3n) is 3.26. The van der Waals surface area contributed by atoms with Crippen molar-refractivity contribution < 1.29 is 0 Å². The molecule has 0 saturated heterocycles.